The molecule has 0 bridgehead atoms. The number of benzene rings is 1. The van der Waals surface area contributed by atoms with Gasteiger partial charge >= 0.3 is 0 Å². The molecule has 1 unspecified atom stereocenters. The third-order valence-electron chi connectivity index (χ3n) is 4.33. The topological polar surface area (TPSA) is 56.8 Å². The molecule has 2 fully saturated rings. The highest BCUT2D eigenvalue weighted by Gasteiger charge is 2.24. The minimum atomic E-state index is -0.0543. The van der Waals surface area contributed by atoms with E-state index in [9.17, 15) is 4.79 Å². The standard InChI is InChI=1S/C17H23NO4/c1-20-15-7-6-13(18-17(19)12-8-9-21-11-12)10-16(15)22-14-4-2-3-5-14/h6-7,10,12,14H,2-5,8-9,11H2,1H3,(H,18,19). The molecule has 1 atom stereocenters. The first-order chi connectivity index (χ1) is 10.8. The number of carbonyl (C=O) groups is 1. The fourth-order valence-corrected chi connectivity index (χ4v) is 3.02. The molecule has 1 aromatic carbocycles. The monoisotopic (exact) mass is 305 g/mol. The molecule has 1 saturated carbocycles. The molecule has 1 aliphatic carbocycles. The Kier molecular flexibility index (Phi) is 4.83. The van der Waals surface area contributed by atoms with Crippen molar-refractivity contribution in [2.75, 3.05) is 25.6 Å². The fourth-order valence-electron chi connectivity index (χ4n) is 3.02. The van der Waals surface area contributed by atoms with Crippen LogP contribution < -0.4 is 14.8 Å². The van der Waals surface area contributed by atoms with E-state index in [0.29, 0.717) is 24.7 Å². The van der Waals surface area contributed by atoms with Gasteiger partial charge in [0, 0.05) is 18.4 Å². The zero-order valence-electron chi connectivity index (χ0n) is 13.0. The van der Waals surface area contributed by atoms with Gasteiger partial charge in [0.15, 0.2) is 11.5 Å². The lowest BCUT2D eigenvalue weighted by atomic mass is 10.1. The zero-order valence-corrected chi connectivity index (χ0v) is 13.0. The summed E-state index contributed by atoms with van der Waals surface area (Å²) in [4.78, 5) is 12.2. The van der Waals surface area contributed by atoms with Crippen LogP contribution in [0, 0.1) is 5.92 Å². The number of methoxy groups -OCH3 is 1. The number of amides is 1. The number of hydrogen-bond donors (Lipinski definition) is 1. The lowest BCUT2D eigenvalue weighted by Crippen LogP contribution is -2.22. The van der Waals surface area contributed by atoms with Crippen LogP contribution in [0.25, 0.3) is 0 Å². The van der Waals surface area contributed by atoms with Crippen molar-refractivity contribution in [2.45, 2.75) is 38.2 Å². The number of ether oxygens (including phenoxy) is 3. The normalized spacial score (nSPS) is 21.8. The van der Waals surface area contributed by atoms with Crippen LogP contribution in [0.3, 0.4) is 0 Å². The zero-order chi connectivity index (χ0) is 15.4. The molecule has 22 heavy (non-hydrogen) atoms. The highest BCUT2D eigenvalue weighted by Crippen LogP contribution is 2.34. The SMILES string of the molecule is COc1ccc(NC(=O)C2CCOC2)cc1OC1CCCC1. The van der Waals surface area contributed by atoms with E-state index in [1.165, 1.54) is 12.8 Å². The van der Waals surface area contributed by atoms with Crippen LogP contribution >= 0.6 is 0 Å². The highest BCUT2D eigenvalue weighted by atomic mass is 16.5. The Morgan fingerprint density at radius 1 is 1.23 bits per heavy atom. The number of carbonyl (C=O) groups excluding carboxylic acids is 1. The van der Waals surface area contributed by atoms with E-state index in [-0.39, 0.29) is 17.9 Å². The molecule has 1 saturated heterocycles. The summed E-state index contributed by atoms with van der Waals surface area (Å²) in [6.07, 6.45) is 5.63. The number of rotatable bonds is 5. The lowest BCUT2D eigenvalue weighted by Gasteiger charge is -2.17. The summed E-state index contributed by atoms with van der Waals surface area (Å²) in [6.45, 7) is 1.17. The molecule has 0 aromatic heterocycles. The lowest BCUT2D eigenvalue weighted by molar-refractivity contribution is -0.119. The molecule has 1 amide bonds. The molecule has 5 heteroatoms. The Balaban J connectivity index is 1.69. The summed E-state index contributed by atoms with van der Waals surface area (Å²) < 4.78 is 16.7. The van der Waals surface area contributed by atoms with Crippen LogP contribution in [0.15, 0.2) is 18.2 Å². The molecule has 3 rings (SSSR count). The molecular formula is C17H23NO4. The van der Waals surface area contributed by atoms with Gasteiger partial charge in [-0.3, -0.25) is 4.79 Å². The first-order valence-corrected chi connectivity index (χ1v) is 7.99. The fraction of sp³-hybridized carbons (Fsp3) is 0.588. The predicted molar refractivity (Wildman–Crippen MR) is 83.4 cm³/mol. The first-order valence-electron chi connectivity index (χ1n) is 7.99. The van der Waals surface area contributed by atoms with Crippen molar-refractivity contribution in [2.24, 2.45) is 5.92 Å². The van der Waals surface area contributed by atoms with Crippen molar-refractivity contribution in [3.05, 3.63) is 18.2 Å². The smallest absolute Gasteiger partial charge is 0.229 e. The summed E-state index contributed by atoms with van der Waals surface area (Å²) in [5.41, 5.74) is 0.741. The van der Waals surface area contributed by atoms with E-state index < -0.39 is 0 Å². The molecule has 0 spiro atoms. The Morgan fingerprint density at radius 3 is 2.73 bits per heavy atom. The maximum atomic E-state index is 12.2. The van der Waals surface area contributed by atoms with Crippen LogP contribution in [-0.4, -0.2) is 32.3 Å². The molecule has 1 heterocycles. The minimum absolute atomic E-state index is 0.00878. The highest BCUT2D eigenvalue weighted by molar-refractivity contribution is 5.93. The average molecular weight is 305 g/mol. The van der Waals surface area contributed by atoms with Gasteiger partial charge in [0.05, 0.1) is 25.7 Å². The number of anilines is 1. The number of hydrogen-bond acceptors (Lipinski definition) is 4. The van der Waals surface area contributed by atoms with Gasteiger partial charge in [0.1, 0.15) is 0 Å². The molecule has 5 nitrogen and oxygen atoms in total. The van der Waals surface area contributed by atoms with E-state index in [2.05, 4.69) is 5.32 Å². The van der Waals surface area contributed by atoms with Crippen LogP contribution in [-0.2, 0) is 9.53 Å². The quantitative estimate of drug-likeness (QED) is 0.908. The second-order valence-corrected chi connectivity index (χ2v) is 5.94. The van der Waals surface area contributed by atoms with Gasteiger partial charge in [-0.25, -0.2) is 0 Å². The molecule has 1 N–H and O–H groups in total. The maximum absolute atomic E-state index is 12.2. The Labute approximate surface area is 130 Å². The molecular weight excluding hydrogens is 282 g/mol. The summed E-state index contributed by atoms with van der Waals surface area (Å²) >= 11 is 0. The van der Waals surface area contributed by atoms with Crippen LogP contribution in [0.5, 0.6) is 11.5 Å². The van der Waals surface area contributed by atoms with Crippen LogP contribution in [0.4, 0.5) is 5.69 Å². The van der Waals surface area contributed by atoms with Crippen molar-refractivity contribution in [3.63, 3.8) is 0 Å². The molecule has 1 aliphatic heterocycles. The van der Waals surface area contributed by atoms with Crippen molar-refractivity contribution >= 4 is 11.6 Å². The van der Waals surface area contributed by atoms with Crippen LogP contribution in [0.2, 0.25) is 0 Å². The summed E-state index contributed by atoms with van der Waals surface area (Å²) in [5.74, 6) is 1.36. The van der Waals surface area contributed by atoms with E-state index in [1.54, 1.807) is 7.11 Å². The first kappa shape index (κ1) is 15.2. The Hall–Kier alpha value is -1.75. The second kappa shape index (κ2) is 7.01. The van der Waals surface area contributed by atoms with Gasteiger partial charge in [0.2, 0.25) is 5.91 Å². The van der Waals surface area contributed by atoms with Gasteiger partial charge in [-0.15, -0.1) is 0 Å². The largest absolute Gasteiger partial charge is 0.493 e. The Morgan fingerprint density at radius 2 is 2.05 bits per heavy atom. The van der Waals surface area contributed by atoms with Crippen LogP contribution in [0.1, 0.15) is 32.1 Å². The Bertz CT molecular complexity index is 519. The van der Waals surface area contributed by atoms with E-state index in [1.807, 2.05) is 18.2 Å². The number of nitrogens with one attached hydrogen (secondary N) is 1. The molecule has 0 radical (unpaired) electrons. The molecule has 1 aromatic rings. The van der Waals surface area contributed by atoms with Gasteiger partial charge < -0.3 is 19.5 Å². The third kappa shape index (κ3) is 3.53. The van der Waals surface area contributed by atoms with Crippen molar-refractivity contribution in [3.8, 4) is 11.5 Å². The summed E-state index contributed by atoms with van der Waals surface area (Å²) in [6, 6.07) is 5.53. The maximum Gasteiger partial charge on any atom is 0.229 e. The second-order valence-electron chi connectivity index (χ2n) is 5.94. The van der Waals surface area contributed by atoms with Crippen molar-refractivity contribution in [1.29, 1.82) is 0 Å². The van der Waals surface area contributed by atoms with Crippen molar-refractivity contribution in [1.82, 2.24) is 0 Å². The summed E-state index contributed by atoms with van der Waals surface area (Å²) in [5, 5.41) is 2.95. The van der Waals surface area contributed by atoms with E-state index in [0.717, 1.165) is 24.9 Å². The molecule has 120 valence electrons. The minimum Gasteiger partial charge on any atom is -0.493 e. The predicted octanol–water partition coefficient (Wildman–Crippen LogP) is 2.99. The average Bonchev–Trinajstić information content (AvgIpc) is 3.21. The molecule has 2 aliphatic rings. The van der Waals surface area contributed by atoms with E-state index in [4.69, 9.17) is 14.2 Å². The van der Waals surface area contributed by atoms with Gasteiger partial charge in [-0.2, -0.15) is 0 Å². The van der Waals surface area contributed by atoms with Gasteiger partial charge in [-0.05, 0) is 44.2 Å². The third-order valence-corrected chi connectivity index (χ3v) is 4.33. The van der Waals surface area contributed by atoms with E-state index >= 15 is 0 Å². The van der Waals surface area contributed by atoms with Crippen molar-refractivity contribution < 1.29 is 19.0 Å². The summed E-state index contributed by atoms with van der Waals surface area (Å²) in [7, 11) is 1.63. The van der Waals surface area contributed by atoms with Gasteiger partial charge in [0.25, 0.3) is 0 Å². The van der Waals surface area contributed by atoms with Gasteiger partial charge in [-0.1, -0.05) is 0 Å².